The molecule has 1 aromatic carbocycles. The first-order chi connectivity index (χ1) is 10.5. The van der Waals surface area contributed by atoms with Gasteiger partial charge in [-0.05, 0) is 61.5 Å². The van der Waals surface area contributed by atoms with Crippen molar-refractivity contribution in [3.63, 3.8) is 0 Å². The molecule has 3 heterocycles. The molecule has 0 aliphatic carbocycles. The highest BCUT2D eigenvalue weighted by Gasteiger charge is 2.37. The zero-order valence-corrected chi connectivity index (χ0v) is 15.1. The second-order valence-corrected chi connectivity index (χ2v) is 8.18. The van der Waals surface area contributed by atoms with Gasteiger partial charge in [0.2, 0.25) is 0 Å². The molecule has 0 unspecified atom stereocenters. The zero-order chi connectivity index (χ0) is 15.7. The quantitative estimate of drug-likeness (QED) is 0.775. The third kappa shape index (κ3) is 3.97. The lowest BCUT2D eigenvalue weighted by Crippen LogP contribution is -2.57. The Morgan fingerprint density at radius 2 is 1.77 bits per heavy atom. The van der Waals surface area contributed by atoms with Crippen LogP contribution in [0.4, 0.5) is 0 Å². The molecule has 22 heavy (non-hydrogen) atoms. The van der Waals surface area contributed by atoms with Crippen molar-refractivity contribution in [2.75, 3.05) is 26.2 Å². The SMILES string of the molecule is CC(C)CN(Cc1cc(Cl)cc(Cl)c1)[C@@H]1CN2CCC1CC2. The highest BCUT2D eigenvalue weighted by atomic mass is 35.5. The molecule has 3 fully saturated rings. The normalized spacial score (nSPS) is 27.8. The van der Waals surface area contributed by atoms with E-state index in [9.17, 15) is 0 Å². The minimum absolute atomic E-state index is 0.671. The molecule has 3 aliphatic rings. The molecule has 0 N–H and O–H groups in total. The molecule has 3 saturated heterocycles. The van der Waals surface area contributed by atoms with Crippen molar-refractivity contribution in [2.24, 2.45) is 11.8 Å². The minimum atomic E-state index is 0.671. The highest BCUT2D eigenvalue weighted by molar-refractivity contribution is 6.34. The van der Waals surface area contributed by atoms with E-state index < -0.39 is 0 Å². The number of halogens is 2. The lowest BCUT2D eigenvalue weighted by molar-refractivity contribution is -0.00339. The Balaban J connectivity index is 1.77. The lowest BCUT2D eigenvalue weighted by atomic mass is 9.82. The van der Waals surface area contributed by atoms with Crippen molar-refractivity contribution in [3.8, 4) is 0 Å². The molecule has 122 valence electrons. The summed E-state index contributed by atoms with van der Waals surface area (Å²) in [6.07, 6.45) is 2.71. The highest BCUT2D eigenvalue weighted by Crippen LogP contribution is 2.32. The summed E-state index contributed by atoms with van der Waals surface area (Å²) in [5.41, 5.74) is 1.23. The molecule has 0 radical (unpaired) electrons. The number of rotatable bonds is 5. The maximum atomic E-state index is 6.18. The molecule has 1 aromatic rings. The van der Waals surface area contributed by atoms with Crippen LogP contribution in [0.25, 0.3) is 0 Å². The molecule has 0 amide bonds. The Morgan fingerprint density at radius 3 is 2.27 bits per heavy atom. The molecule has 2 nitrogen and oxygen atoms in total. The largest absolute Gasteiger partial charge is 0.302 e. The van der Waals surface area contributed by atoms with E-state index in [-0.39, 0.29) is 0 Å². The molecule has 0 spiro atoms. The average molecular weight is 341 g/mol. The molecule has 0 saturated carbocycles. The fraction of sp³-hybridized carbons (Fsp3) is 0.667. The van der Waals surface area contributed by atoms with Crippen LogP contribution in [0.3, 0.4) is 0 Å². The van der Waals surface area contributed by atoms with Crippen molar-refractivity contribution in [3.05, 3.63) is 33.8 Å². The molecule has 4 rings (SSSR count). The number of hydrogen-bond acceptors (Lipinski definition) is 2. The van der Waals surface area contributed by atoms with Crippen LogP contribution in [0, 0.1) is 11.8 Å². The Bertz CT molecular complexity index is 490. The summed E-state index contributed by atoms with van der Waals surface area (Å²) in [7, 11) is 0. The Kier molecular flexibility index (Phi) is 5.34. The molecule has 0 aromatic heterocycles. The smallest absolute Gasteiger partial charge is 0.0424 e. The Morgan fingerprint density at radius 1 is 1.14 bits per heavy atom. The summed E-state index contributed by atoms with van der Waals surface area (Å²) in [4.78, 5) is 5.30. The third-order valence-electron chi connectivity index (χ3n) is 5.00. The monoisotopic (exact) mass is 340 g/mol. The lowest BCUT2D eigenvalue weighted by Gasteiger charge is -2.49. The number of nitrogens with zero attached hydrogens (tertiary/aromatic N) is 2. The van der Waals surface area contributed by atoms with E-state index in [2.05, 4.69) is 35.8 Å². The van der Waals surface area contributed by atoms with Gasteiger partial charge in [0.25, 0.3) is 0 Å². The fourth-order valence-electron chi connectivity index (χ4n) is 4.07. The Hall–Kier alpha value is -0.280. The average Bonchev–Trinajstić information content (AvgIpc) is 2.46. The third-order valence-corrected chi connectivity index (χ3v) is 5.43. The van der Waals surface area contributed by atoms with Gasteiger partial charge in [0.1, 0.15) is 0 Å². The predicted molar refractivity (Wildman–Crippen MR) is 94.7 cm³/mol. The van der Waals surface area contributed by atoms with Crippen LogP contribution in [0.1, 0.15) is 32.3 Å². The van der Waals surface area contributed by atoms with Gasteiger partial charge in [-0.15, -0.1) is 0 Å². The van der Waals surface area contributed by atoms with Crippen LogP contribution in [-0.2, 0) is 6.54 Å². The standard InChI is InChI=1S/C18H26Cl2N2/c1-13(2)10-22(11-14-7-16(19)9-17(20)8-14)18-12-21-5-3-15(18)4-6-21/h7-9,13,15,18H,3-6,10-12H2,1-2H3/t18-/m1/s1. The Labute approximate surface area is 144 Å². The number of hydrogen-bond donors (Lipinski definition) is 0. The maximum Gasteiger partial charge on any atom is 0.0424 e. The van der Waals surface area contributed by atoms with Crippen molar-refractivity contribution in [1.82, 2.24) is 9.80 Å². The van der Waals surface area contributed by atoms with E-state index in [1.807, 2.05) is 6.07 Å². The van der Waals surface area contributed by atoms with Crippen LogP contribution in [-0.4, -0.2) is 42.0 Å². The summed E-state index contributed by atoms with van der Waals surface area (Å²) in [6, 6.07) is 6.61. The summed E-state index contributed by atoms with van der Waals surface area (Å²) in [5.74, 6) is 1.53. The van der Waals surface area contributed by atoms with Crippen LogP contribution in [0.15, 0.2) is 18.2 Å². The van der Waals surface area contributed by atoms with Gasteiger partial charge in [0, 0.05) is 35.7 Å². The van der Waals surface area contributed by atoms with Crippen molar-refractivity contribution < 1.29 is 0 Å². The molecule has 4 heteroatoms. The van der Waals surface area contributed by atoms with E-state index in [1.54, 1.807) is 0 Å². The van der Waals surface area contributed by atoms with Crippen LogP contribution in [0.5, 0.6) is 0 Å². The summed E-state index contributed by atoms with van der Waals surface area (Å²) in [5, 5.41) is 1.47. The van der Waals surface area contributed by atoms with Crippen LogP contribution in [0.2, 0.25) is 10.0 Å². The van der Waals surface area contributed by atoms with Crippen LogP contribution < -0.4 is 0 Å². The molecule has 1 atom stereocenters. The van der Waals surface area contributed by atoms with Crippen molar-refractivity contribution in [1.29, 1.82) is 0 Å². The van der Waals surface area contributed by atoms with Gasteiger partial charge < -0.3 is 4.90 Å². The van der Waals surface area contributed by atoms with E-state index in [4.69, 9.17) is 23.2 Å². The second kappa shape index (κ2) is 7.09. The zero-order valence-electron chi connectivity index (χ0n) is 13.6. The second-order valence-electron chi connectivity index (χ2n) is 7.31. The first-order valence-corrected chi connectivity index (χ1v) is 9.18. The van der Waals surface area contributed by atoms with Crippen molar-refractivity contribution in [2.45, 2.75) is 39.3 Å². The van der Waals surface area contributed by atoms with E-state index >= 15 is 0 Å². The summed E-state index contributed by atoms with van der Waals surface area (Å²) < 4.78 is 0. The molecule has 2 bridgehead atoms. The molecular formula is C18H26Cl2N2. The molecular weight excluding hydrogens is 315 g/mol. The summed E-state index contributed by atoms with van der Waals surface area (Å²) >= 11 is 12.4. The molecule has 3 aliphatic heterocycles. The van der Waals surface area contributed by atoms with Gasteiger partial charge in [0.15, 0.2) is 0 Å². The number of piperidine rings is 3. The van der Waals surface area contributed by atoms with Crippen molar-refractivity contribution >= 4 is 23.2 Å². The van der Waals surface area contributed by atoms with Gasteiger partial charge in [-0.1, -0.05) is 37.0 Å². The number of benzene rings is 1. The topological polar surface area (TPSA) is 6.48 Å². The maximum absolute atomic E-state index is 6.18. The van der Waals surface area contributed by atoms with Gasteiger partial charge in [-0.2, -0.15) is 0 Å². The van der Waals surface area contributed by atoms with Gasteiger partial charge in [-0.3, -0.25) is 4.90 Å². The van der Waals surface area contributed by atoms with Gasteiger partial charge >= 0.3 is 0 Å². The fourth-order valence-corrected chi connectivity index (χ4v) is 4.64. The minimum Gasteiger partial charge on any atom is -0.302 e. The first kappa shape index (κ1) is 16.6. The van der Waals surface area contributed by atoms with Gasteiger partial charge in [0.05, 0.1) is 0 Å². The van der Waals surface area contributed by atoms with Crippen LogP contribution >= 0.6 is 23.2 Å². The van der Waals surface area contributed by atoms with E-state index in [0.717, 1.165) is 29.1 Å². The first-order valence-electron chi connectivity index (χ1n) is 8.42. The van der Waals surface area contributed by atoms with E-state index in [1.165, 1.54) is 38.0 Å². The van der Waals surface area contributed by atoms with Gasteiger partial charge in [-0.25, -0.2) is 0 Å². The number of fused-ring (bicyclic) bond motifs is 3. The van der Waals surface area contributed by atoms with E-state index in [0.29, 0.717) is 12.0 Å². The predicted octanol–water partition coefficient (Wildman–Crippen LogP) is 4.55. The summed E-state index contributed by atoms with van der Waals surface area (Å²) in [6.45, 7) is 10.5.